The summed E-state index contributed by atoms with van der Waals surface area (Å²) in [7, 11) is 1.92. The largest absolute Gasteiger partial charge is 0.371 e. The zero-order chi connectivity index (χ0) is 14.0. The van der Waals surface area contributed by atoms with Crippen LogP contribution in [0.1, 0.15) is 45.2 Å². The number of halogens is 1. The Morgan fingerprint density at radius 1 is 1.37 bits per heavy atom. The Bertz CT molecular complexity index is 442. The summed E-state index contributed by atoms with van der Waals surface area (Å²) in [4.78, 5) is 2.41. The van der Waals surface area contributed by atoms with Crippen LogP contribution in [0.4, 0.5) is 10.1 Å². The van der Waals surface area contributed by atoms with E-state index in [0.717, 1.165) is 18.7 Å². The van der Waals surface area contributed by atoms with Gasteiger partial charge in [-0.2, -0.15) is 0 Å². The fourth-order valence-corrected chi connectivity index (χ4v) is 2.94. The van der Waals surface area contributed by atoms with Crippen molar-refractivity contribution in [2.45, 2.75) is 39.7 Å². The predicted molar refractivity (Wildman–Crippen MR) is 79.1 cm³/mol. The highest BCUT2D eigenvalue weighted by Gasteiger charge is 2.28. The van der Waals surface area contributed by atoms with E-state index in [-0.39, 0.29) is 11.9 Å². The molecule has 1 unspecified atom stereocenters. The second kappa shape index (κ2) is 5.49. The van der Waals surface area contributed by atoms with Gasteiger partial charge in [0, 0.05) is 24.8 Å². The molecule has 19 heavy (non-hydrogen) atoms. The smallest absolute Gasteiger partial charge is 0.123 e. The van der Waals surface area contributed by atoms with Gasteiger partial charge in [0.2, 0.25) is 0 Å². The first-order chi connectivity index (χ1) is 8.93. The molecule has 3 heteroatoms. The lowest BCUT2D eigenvalue weighted by Crippen LogP contribution is -2.40. The van der Waals surface area contributed by atoms with Crippen molar-refractivity contribution in [3.05, 3.63) is 29.6 Å². The zero-order valence-corrected chi connectivity index (χ0v) is 12.5. The monoisotopic (exact) mass is 264 g/mol. The van der Waals surface area contributed by atoms with Crippen LogP contribution in [0.25, 0.3) is 0 Å². The van der Waals surface area contributed by atoms with Crippen LogP contribution in [0.2, 0.25) is 0 Å². The van der Waals surface area contributed by atoms with Gasteiger partial charge < -0.3 is 10.2 Å². The third-order valence-electron chi connectivity index (χ3n) is 4.13. The van der Waals surface area contributed by atoms with Crippen LogP contribution in [0.5, 0.6) is 0 Å². The number of rotatable bonds is 3. The molecule has 1 aromatic rings. The summed E-state index contributed by atoms with van der Waals surface area (Å²) in [6.45, 7) is 8.81. The summed E-state index contributed by atoms with van der Waals surface area (Å²) in [5, 5.41) is 3.22. The van der Waals surface area contributed by atoms with Crippen molar-refractivity contribution in [1.82, 2.24) is 5.32 Å². The lowest BCUT2D eigenvalue weighted by Gasteiger charge is -2.40. The standard InChI is InChI=1S/C16H25FN2/c1-12(18-4)14-10-13(17)6-7-15(14)19-9-5-8-16(2,3)11-19/h6-7,10,12,18H,5,8-9,11H2,1-4H3. The Labute approximate surface area is 116 Å². The van der Waals surface area contributed by atoms with E-state index in [9.17, 15) is 4.39 Å². The van der Waals surface area contributed by atoms with E-state index in [4.69, 9.17) is 0 Å². The Morgan fingerprint density at radius 3 is 2.74 bits per heavy atom. The van der Waals surface area contributed by atoms with Gasteiger partial charge in [-0.15, -0.1) is 0 Å². The van der Waals surface area contributed by atoms with Crippen LogP contribution in [-0.2, 0) is 0 Å². The molecule has 106 valence electrons. The van der Waals surface area contributed by atoms with Gasteiger partial charge in [-0.05, 0) is 56.0 Å². The fraction of sp³-hybridized carbons (Fsp3) is 0.625. The molecule has 1 aliphatic heterocycles. The van der Waals surface area contributed by atoms with Gasteiger partial charge in [0.1, 0.15) is 5.82 Å². The SMILES string of the molecule is CNC(C)c1cc(F)ccc1N1CCCC(C)(C)C1. The molecule has 1 N–H and O–H groups in total. The molecule has 1 fully saturated rings. The van der Waals surface area contributed by atoms with Crippen LogP contribution in [0, 0.1) is 11.2 Å². The topological polar surface area (TPSA) is 15.3 Å². The maximum absolute atomic E-state index is 13.5. The van der Waals surface area contributed by atoms with Crippen molar-refractivity contribution < 1.29 is 4.39 Å². The minimum atomic E-state index is -0.155. The Kier molecular flexibility index (Phi) is 4.14. The molecule has 0 radical (unpaired) electrons. The van der Waals surface area contributed by atoms with Crippen molar-refractivity contribution >= 4 is 5.69 Å². The summed E-state index contributed by atoms with van der Waals surface area (Å²) in [5.41, 5.74) is 2.57. The van der Waals surface area contributed by atoms with Crippen LogP contribution >= 0.6 is 0 Å². The predicted octanol–water partition coefficient (Wildman–Crippen LogP) is 3.73. The first-order valence-electron chi connectivity index (χ1n) is 7.14. The minimum Gasteiger partial charge on any atom is -0.371 e. The van der Waals surface area contributed by atoms with Crippen molar-refractivity contribution in [3.8, 4) is 0 Å². The lowest BCUT2D eigenvalue weighted by molar-refractivity contribution is 0.292. The molecule has 1 atom stereocenters. The second-order valence-electron chi connectivity index (χ2n) is 6.40. The van der Waals surface area contributed by atoms with Gasteiger partial charge in [-0.25, -0.2) is 4.39 Å². The molecule has 0 bridgehead atoms. The minimum absolute atomic E-state index is 0.155. The molecular weight excluding hydrogens is 239 g/mol. The van der Waals surface area contributed by atoms with E-state index in [1.807, 2.05) is 13.1 Å². The number of piperidine rings is 1. The molecule has 2 rings (SSSR count). The summed E-state index contributed by atoms with van der Waals surface area (Å²) < 4.78 is 13.5. The number of benzene rings is 1. The van der Waals surface area contributed by atoms with E-state index in [1.54, 1.807) is 12.1 Å². The summed E-state index contributed by atoms with van der Waals surface area (Å²) >= 11 is 0. The van der Waals surface area contributed by atoms with Crippen molar-refractivity contribution in [3.63, 3.8) is 0 Å². The molecule has 0 aliphatic carbocycles. The molecule has 0 aromatic heterocycles. The van der Waals surface area contributed by atoms with Crippen LogP contribution in [-0.4, -0.2) is 20.1 Å². The van der Waals surface area contributed by atoms with Crippen LogP contribution in [0.3, 0.4) is 0 Å². The van der Waals surface area contributed by atoms with Crippen molar-refractivity contribution in [2.24, 2.45) is 5.41 Å². The van der Waals surface area contributed by atoms with Crippen molar-refractivity contribution in [2.75, 3.05) is 25.0 Å². The van der Waals surface area contributed by atoms with E-state index in [2.05, 4.69) is 31.0 Å². The Morgan fingerprint density at radius 2 is 2.11 bits per heavy atom. The van der Waals surface area contributed by atoms with Gasteiger partial charge in [-0.3, -0.25) is 0 Å². The number of hydrogen-bond donors (Lipinski definition) is 1. The molecule has 1 saturated heterocycles. The van der Waals surface area contributed by atoms with Crippen molar-refractivity contribution in [1.29, 1.82) is 0 Å². The fourth-order valence-electron chi connectivity index (χ4n) is 2.94. The molecule has 2 nitrogen and oxygen atoms in total. The molecule has 0 spiro atoms. The van der Waals surface area contributed by atoms with Gasteiger partial charge in [0.25, 0.3) is 0 Å². The van der Waals surface area contributed by atoms with Gasteiger partial charge >= 0.3 is 0 Å². The third-order valence-corrected chi connectivity index (χ3v) is 4.13. The number of nitrogens with one attached hydrogen (secondary N) is 1. The average molecular weight is 264 g/mol. The molecule has 0 amide bonds. The van der Waals surface area contributed by atoms with E-state index in [0.29, 0.717) is 5.41 Å². The third kappa shape index (κ3) is 3.27. The summed E-state index contributed by atoms with van der Waals surface area (Å²) in [6, 6.07) is 5.33. The second-order valence-corrected chi connectivity index (χ2v) is 6.40. The molecule has 1 aromatic carbocycles. The lowest BCUT2D eigenvalue weighted by atomic mass is 9.83. The first-order valence-corrected chi connectivity index (χ1v) is 7.14. The maximum atomic E-state index is 13.5. The van der Waals surface area contributed by atoms with Gasteiger partial charge in [0.05, 0.1) is 0 Å². The van der Waals surface area contributed by atoms with E-state index in [1.165, 1.54) is 18.5 Å². The van der Waals surface area contributed by atoms with Gasteiger partial charge in [0.15, 0.2) is 0 Å². The molecule has 1 heterocycles. The molecular formula is C16H25FN2. The highest BCUT2D eigenvalue weighted by molar-refractivity contribution is 5.55. The quantitative estimate of drug-likeness (QED) is 0.895. The summed E-state index contributed by atoms with van der Waals surface area (Å²) in [5.74, 6) is -0.155. The van der Waals surface area contributed by atoms with Crippen LogP contribution < -0.4 is 10.2 Å². The summed E-state index contributed by atoms with van der Waals surface area (Å²) in [6.07, 6.45) is 2.47. The number of nitrogens with zero attached hydrogens (tertiary/aromatic N) is 1. The number of hydrogen-bond acceptors (Lipinski definition) is 2. The van der Waals surface area contributed by atoms with Gasteiger partial charge in [-0.1, -0.05) is 13.8 Å². The van der Waals surface area contributed by atoms with E-state index < -0.39 is 0 Å². The molecule has 1 aliphatic rings. The van der Waals surface area contributed by atoms with Crippen LogP contribution in [0.15, 0.2) is 18.2 Å². The first kappa shape index (κ1) is 14.3. The molecule has 0 saturated carbocycles. The number of anilines is 1. The van der Waals surface area contributed by atoms with E-state index >= 15 is 0 Å². The zero-order valence-electron chi connectivity index (χ0n) is 12.5. The highest BCUT2D eigenvalue weighted by atomic mass is 19.1. The highest BCUT2D eigenvalue weighted by Crippen LogP contribution is 2.35. The Balaban J connectivity index is 2.33. The maximum Gasteiger partial charge on any atom is 0.123 e. The Hall–Kier alpha value is -1.09. The normalized spacial score (nSPS) is 20.4. The average Bonchev–Trinajstić information content (AvgIpc) is 2.36.